The molecule has 3 aromatic rings. The van der Waals surface area contributed by atoms with E-state index in [0.29, 0.717) is 18.0 Å². The third-order valence-corrected chi connectivity index (χ3v) is 2.51. The van der Waals surface area contributed by atoms with Crippen molar-refractivity contribution in [2.24, 2.45) is 0 Å². The first-order valence-corrected chi connectivity index (χ1v) is 5.36. The highest BCUT2D eigenvalue weighted by Crippen LogP contribution is 2.19. The summed E-state index contributed by atoms with van der Waals surface area (Å²) in [6.07, 6.45) is 2.35. The molecule has 2 N–H and O–H groups in total. The third kappa shape index (κ3) is 1.97. The van der Waals surface area contributed by atoms with Crippen molar-refractivity contribution < 1.29 is 4.42 Å². The molecule has 0 amide bonds. The molecule has 17 heavy (non-hydrogen) atoms. The van der Waals surface area contributed by atoms with Crippen LogP contribution in [0.15, 0.2) is 47.0 Å². The van der Waals surface area contributed by atoms with E-state index in [9.17, 15) is 0 Å². The first kappa shape index (κ1) is 9.84. The molecule has 0 spiro atoms. The number of anilines is 1. The molecule has 0 aliphatic carbocycles. The second kappa shape index (κ2) is 3.90. The molecule has 4 nitrogen and oxygen atoms in total. The molecular formula is C13H11N3O. The third-order valence-electron chi connectivity index (χ3n) is 2.51. The van der Waals surface area contributed by atoms with E-state index >= 15 is 0 Å². The maximum atomic E-state index is 5.69. The minimum atomic E-state index is 0.593. The summed E-state index contributed by atoms with van der Waals surface area (Å²) in [4.78, 5) is 8.62. The van der Waals surface area contributed by atoms with Crippen molar-refractivity contribution >= 4 is 16.8 Å². The maximum absolute atomic E-state index is 5.69. The summed E-state index contributed by atoms with van der Waals surface area (Å²) >= 11 is 0. The predicted octanol–water partition coefficient (Wildman–Crippen LogP) is 2.40. The second-order valence-corrected chi connectivity index (χ2v) is 3.83. The second-order valence-electron chi connectivity index (χ2n) is 3.83. The van der Waals surface area contributed by atoms with E-state index in [2.05, 4.69) is 9.97 Å². The lowest BCUT2D eigenvalue weighted by atomic mass is 10.3. The van der Waals surface area contributed by atoms with Gasteiger partial charge >= 0.3 is 0 Å². The zero-order chi connectivity index (χ0) is 11.7. The number of hydrogen-bond acceptors (Lipinski definition) is 4. The van der Waals surface area contributed by atoms with Gasteiger partial charge in [-0.15, -0.1) is 0 Å². The SMILES string of the molecule is Nc1ccc2oc(Cc3ccccn3)nc2c1. The van der Waals surface area contributed by atoms with E-state index in [1.54, 1.807) is 18.3 Å². The van der Waals surface area contributed by atoms with Crippen LogP contribution in [0.4, 0.5) is 5.69 Å². The van der Waals surface area contributed by atoms with Gasteiger partial charge in [-0.3, -0.25) is 4.98 Å². The van der Waals surface area contributed by atoms with Gasteiger partial charge in [0.15, 0.2) is 5.58 Å². The van der Waals surface area contributed by atoms with Crippen molar-refractivity contribution in [2.45, 2.75) is 6.42 Å². The van der Waals surface area contributed by atoms with Crippen LogP contribution in [0.25, 0.3) is 11.1 Å². The standard InChI is InChI=1S/C13H11N3O/c14-9-4-5-12-11(7-9)16-13(17-12)8-10-3-1-2-6-15-10/h1-7H,8,14H2. The number of benzene rings is 1. The van der Waals surface area contributed by atoms with Crippen LogP contribution in [-0.2, 0) is 6.42 Å². The van der Waals surface area contributed by atoms with Crippen LogP contribution in [-0.4, -0.2) is 9.97 Å². The fraction of sp³-hybridized carbons (Fsp3) is 0.0769. The number of rotatable bonds is 2. The van der Waals surface area contributed by atoms with Gasteiger partial charge in [-0.1, -0.05) is 6.07 Å². The summed E-state index contributed by atoms with van der Waals surface area (Å²) in [6.45, 7) is 0. The number of fused-ring (bicyclic) bond motifs is 1. The number of nitrogens with two attached hydrogens (primary N) is 1. The lowest BCUT2D eigenvalue weighted by Gasteiger charge is -1.93. The number of aromatic nitrogens is 2. The Hall–Kier alpha value is -2.36. The fourth-order valence-corrected chi connectivity index (χ4v) is 1.73. The van der Waals surface area contributed by atoms with Crippen LogP contribution in [0.5, 0.6) is 0 Å². The minimum Gasteiger partial charge on any atom is -0.440 e. The molecule has 0 fully saturated rings. The van der Waals surface area contributed by atoms with E-state index < -0.39 is 0 Å². The van der Waals surface area contributed by atoms with Gasteiger partial charge in [0.25, 0.3) is 0 Å². The average Bonchev–Trinajstić information content (AvgIpc) is 2.71. The van der Waals surface area contributed by atoms with E-state index in [4.69, 9.17) is 10.2 Å². The van der Waals surface area contributed by atoms with Crippen molar-refractivity contribution in [3.63, 3.8) is 0 Å². The van der Waals surface area contributed by atoms with Gasteiger partial charge in [0.2, 0.25) is 5.89 Å². The van der Waals surface area contributed by atoms with Crippen LogP contribution in [0.2, 0.25) is 0 Å². The highest BCUT2D eigenvalue weighted by atomic mass is 16.3. The van der Waals surface area contributed by atoms with Gasteiger partial charge in [-0.25, -0.2) is 4.98 Å². The largest absolute Gasteiger partial charge is 0.440 e. The first-order valence-electron chi connectivity index (χ1n) is 5.36. The quantitative estimate of drug-likeness (QED) is 0.680. The molecule has 3 rings (SSSR count). The van der Waals surface area contributed by atoms with Crippen LogP contribution < -0.4 is 5.73 Å². The molecule has 0 radical (unpaired) electrons. The summed E-state index contributed by atoms with van der Waals surface area (Å²) in [6, 6.07) is 11.2. The number of nitrogens with zero attached hydrogens (tertiary/aromatic N) is 2. The Labute approximate surface area is 98.1 Å². The zero-order valence-corrected chi connectivity index (χ0v) is 9.13. The van der Waals surface area contributed by atoms with Crippen LogP contribution in [0, 0.1) is 0 Å². The molecule has 2 aromatic heterocycles. The van der Waals surface area contributed by atoms with Crippen LogP contribution >= 0.6 is 0 Å². The Morgan fingerprint density at radius 2 is 2.12 bits per heavy atom. The van der Waals surface area contributed by atoms with Crippen molar-refractivity contribution in [1.29, 1.82) is 0 Å². The molecule has 84 valence electrons. The first-order chi connectivity index (χ1) is 8.31. The van der Waals surface area contributed by atoms with Gasteiger partial charge in [0.1, 0.15) is 5.52 Å². The number of hydrogen-bond donors (Lipinski definition) is 1. The van der Waals surface area contributed by atoms with Crippen molar-refractivity contribution in [1.82, 2.24) is 9.97 Å². The van der Waals surface area contributed by atoms with Crippen molar-refractivity contribution in [3.05, 3.63) is 54.2 Å². The Morgan fingerprint density at radius 1 is 1.18 bits per heavy atom. The number of pyridine rings is 1. The van der Waals surface area contributed by atoms with E-state index in [1.165, 1.54) is 0 Å². The van der Waals surface area contributed by atoms with Crippen molar-refractivity contribution in [3.8, 4) is 0 Å². The zero-order valence-electron chi connectivity index (χ0n) is 9.13. The van der Waals surface area contributed by atoms with Gasteiger partial charge in [0, 0.05) is 17.6 Å². The molecule has 0 saturated heterocycles. The Morgan fingerprint density at radius 3 is 2.94 bits per heavy atom. The molecule has 0 bridgehead atoms. The van der Waals surface area contributed by atoms with Crippen LogP contribution in [0.3, 0.4) is 0 Å². The monoisotopic (exact) mass is 225 g/mol. The number of nitrogen functional groups attached to an aromatic ring is 1. The molecular weight excluding hydrogens is 214 g/mol. The molecule has 0 unspecified atom stereocenters. The molecule has 0 aliphatic heterocycles. The van der Waals surface area contributed by atoms with E-state index in [-0.39, 0.29) is 0 Å². The Bertz CT molecular complexity index is 646. The predicted molar refractivity (Wildman–Crippen MR) is 65.5 cm³/mol. The van der Waals surface area contributed by atoms with E-state index in [1.807, 2.05) is 24.3 Å². The molecule has 1 aromatic carbocycles. The summed E-state index contributed by atoms with van der Waals surface area (Å²) in [7, 11) is 0. The normalized spacial score (nSPS) is 10.8. The molecule has 0 aliphatic rings. The van der Waals surface area contributed by atoms with Gasteiger partial charge in [-0.2, -0.15) is 0 Å². The molecule has 0 saturated carbocycles. The molecule has 0 atom stereocenters. The summed E-state index contributed by atoms with van der Waals surface area (Å²) in [5.74, 6) is 0.657. The minimum absolute atomic E-state index is 0.593. The lowest BCUT2D eigenvalue weighted by molar-refractivity contribution is 0.542. The summed E-state index contributed by atoms with van der Waals surface area (Å²) in [5, 5.41) is 0. The Balaban J connectivity index is 1.96. The molecule has 4 heteroatoms. The highest BCUT2D eigenvalue weighted by Gasteiger charge is 2.07. The summed E-state index contributed by atoms with van der Waals surface area (Å²) in [5.41, 5.74) is 8.86. The van der Waals surface area contributed by atoms with Gasteiger partial charge < -0.3 is 10.2 Å². The maximum Gasteiger partial charge on any atom is 0.201 e. The van der Waals surface area contributed by atoms with Crippen LogP contribution in [0.1, 0.15) is 11.6 Å². The van der Waals surface area contributed by atoms with E-state index in [0.717, 1.165) is 16.8 Å². The lowest BCUT2D eigenvalue weighted by Crippen LogP contribution is -1.90. The Kier molecular flexibility index (Phi) is 2.26. The fourth-order valence-electron chi connectivity index (χ4n) is 1.73. The highest BCUT2D eigenvalue weighted by molar-refractivity contribution is 5.76. The topological polar surface area (TPSA) is 64.9 Å². The summed E-state index contributed by atoms with van der Waals surface area (Å²) < 4.78 is 5.62. The number of oxazole rings is 1. The van der Waals surface area contributed by atoms with Gasteiger partial charge in [0.05, 0.1) is 6.42 Å². The smallest absolute Gasteiger partial charge is 0.201 e. The van der Waals surface area contributed by atoms with Gasteiger partial charge in [-0.05, 0) is 30.3 Å². The van der Waals surface area contributed by atoms with Crippen molar-refractivity contribution in [2.75, 3.05) is 5.73 Å². The molecule has 2 heterocycles. The average molecular weight is 225 g/mol.